The monoisotopic (exact) mass is 394 g/mol. The van der Waals surface area contributed by atoms with Crippen LogP contribution in [0.2, 0.25) is 0 Å². The Bertz CT molecular complexity index is 689. The van der Waals surface area contributed by atoms with E-state index in [0.29, 0.717) is 25.7 Å². The van der Waals surface area contributed by atoms with Gasteiger partial charge in [0.05, 0.1) is 30.3 Å². The number of carbonyl (C=O) groups excluding carboxylic acids is 2. The fourth-order valence-corrected chi connectivity index (χ4v) is 7.92. The van der Waals surface area contributed by atoms with Crippen LogP contribution in [0.25, 0.3) is 0 Å². The third kappa shape index (κ3) is 2.25. The first-order chi connectivity index (χ1) is 13.0. The molecule has 2 bridgehead atoms. The molecule has 0 saturated heterocycles. The molecule has 0 radical (unpaired) electrons. The Balaban J connectivity index is 1.90. The van der Waals surface area contributed by atoms with Crippen molar-refractivity contribution in [1.82, 2.24) is 0 Å². The summed E-state index contributed by atoms with van der Waals surface area (Å²) in [4.78, 5) is 25.2. The van der Waals surface area contributed by atoms with Crippen molar-refractivity contribution >= 4 is 11.8 Å². The van der Waals surface area contributed by atoms with E-state index >= 15 is 0 Å². The lowest BCUT2D eigenvalue weighted by atomic mass is 9.38. The number of rotatable bonds is 2. The molecule has 4 saturated carbocycles. The van der Waals surface area contributed by atoms with Crippen molar-refractivity contribution in [2.24, 2.45) is 39.9 Å². The molecule has 158 valence electrons. The lowest BCUT2D eigenvalue weighted by Gasteiger charge is -2.67. The summed E-state index contributed by atoms with van der Waals surface area (Å²) in [7, 11) is 0. The van der Waals surface area contributed by atoms with E-state index in [-0.39, 0.29) is 35.6 Å². The highest BCUT2D eigenvalue weighted by Crippen LogP contribution is 2.71. The predicted octanol–water partition coefficient (Wildman–Crippen LogP) is 1.69. The maximum atomic E-state index is 13.5. The first kappa shape index (κ1) is 20.3. The van der Waals surface area contributed by atoms with Crippen molar-refractivity contribution in [3.05, 3.63) is 0 Å². The van der Waals surface area contributed by atoms with E-state index in [2.05, 4.69) is 13.8 Å². The minimum atomic E-state index is -1.26. The van der Waals surface area contributed by atoms with Crippen LogP contribution in [-0.4, -0.2) is 52.0 Å². The summed E-state index contributed by atoms with van der Waals surface area (Å²) in [5.41, 5.74) is -2.25. The highest BCUT2D eigenvalue weighted by molar-refractivity contribution is 5.92. The molecule has 4 fully saturated rings. The van der Waals surface area contributed by atoms with Crippen LogP contribution in [0.4, 0.5) is 0 Å². The summed E-state index contributed by atoms with van der Waals surface area (Å²) >= 11 is 0. The molecule has 4 aliphatic carbocycles. The zero-order chi connectivity index (χ0) is 20.6. The van der Waals surface area contributed by atoms with E-state index in [0.717, 1.165) is 6.42 Å². The molecule has 6 nitrogen and oxygen atoms in total. The van der Waals surface area contributed by atoms with Gasteiger partial charge in [0.2, 0.25) is 0 Å². The van der Waals surface area contributed by atoms with Crippen molar-refractivity contribution in [1.29, 1.82) is 0 Å². The van der Waals surface area contributed by atoms with Gasteiger partial charge in [-0.3, -0.25) is 9.59 Å². The molecule has 1 spiro atoms. The van der Waals surface area contributed by atoms with E-state index in [9.17, 15) is 24.9 Å². The van der Waals surface area contributed by atoms with Gasteiger partial charge in [-0.25, -0.2) is 0 Å². The number of ketones is 1. The van der Waals surface area contributed by atoms with Gasteiger partial charge in [0.15, 0.2) is 0 Å². The van der Waals surface area contributed by atoms with Crippen LogP contribution in [0, 0.1) is 39.9 Å². The zero-order valence-corrected chi connectivity index (χ0v) is 17.4. The molecule has 0 aromatic rings. The fourth-order valence-electron chi connectivity index (χ4n) is 7.92. The highest BCUT2D eigenvalue weighted by Gasteiger charge is 2.76. The summed E-state index contributed by atoms with van der Waals surface area (Å²) in [5, 5.41) is 33.9. The minimum absolute atomic E-state index is 0.0375. The fraction of sp³-hybridized carbons (Fsp3) is 0.909. The Labute approximate surface area is 166 Å². The van der Waals surface area contributed by atoms with Gasteiger partial charge in [0, 0.05) is 18.3 Å². The van der Waals surface area contributed by atoms with Crippen LogP contribution in [0.5, 0.6) is 0 Å². The number of carbonyl (C=O) groups is 2. The summed E-state index contributed by atoms with van der Waals surface area (Å²) in [6.07, 6.45) is 0.480. The molecular weight excluding hydrogens is 360 g/mol. The SMILES string of the molecule is CC(=O)OC[C@@]12[C@H](C[C@@H](O)[C@]34C(=O)[C@H](C)[C@H](CC[C@@H]13)[C@H]4O)C(C)(C)CC[C@@H]2O. The lowest BCUT2D eigenvalue weighted by Crippen LogP contribution is -2.72. The molecule has 0 unspecified atom stereocenters. The second kappa shape index (κ2) is 6.26. The average molecular weight is 395 g/mol. The summed E-state index contributed by atoms with van der Waals surface area (Å²) in [6, 6.07) is 0. The number of Topliss-reactive ketones (excluding diaryl/α,β-unsaturated/α-hetero) is 1. The molecule has 0 aromatic heterocycles. The van der Waals surface area contributed by atoms with Gasteiger partial charge in [-0.15, -0.1) is 0 Å². The maximum absolute atomic E-state index is 13.5. The van der Waals surface area contributed by atoms with Gasteiger partial charge in [0.1, 0.15) is 5.78 Å². The van der Waals surface area contributed by atoms with Crippen LogP contribution in [-0.2, 0) is 14.3 Å². The first-order valence-electron chi connectivity index (χ1n) is 10.7. The molecule has 6 heteroatoms. The van der Waals surface area contributed by atoms with Gasteiger partial charge >= 0.3 is 5.97 Å². The van der Waals surface area contributed by atoms with Gasteiger partial charge in [-0.05, 0) is 55.3 Å². The van der Waals surface area contributed by atoms with Crippen LogP contribution >= 0.6 is 0 Å². The second-order valence-corrected chi connectivity index (χ2v) is 10.6. The van der Waals surface area contributed by atoms with Crippen molar-refractivity contribution < 1.29 is 29.6 Å². The van der Waals surface area contributed by atoms with E-state index in [1.165, 1.54) is 6.92 Å². The molecule has 9 atom stereocenters. The summed E-state index contributed by atoms with van der Waals surface area (Å²) in [5.74, 6) is -1.42. The van der Waals surface area contributed by atoms with E-state index in [1.54, 1.807) is 0 Å². The Morgan fingerprint density at radius 3 is 2.43 bits per heavy atom. The van der Waals surface area contributed by atoms with Crippen LogP contribution in [0.1, 0.15) is 59.8 Å². The van der Waals surface area contributed by atoms with Gasteiger partial charge in [-0.1, -0.05) is 20.8 Å². The standard InChI is InChI=1S/C22H34O6/c1-11-13-5-6-14-21(10-28-12(2)23)15(20(3,4)8-7-16(21)24)9-17(25)22(14,18(11)26)19(13)27/h11,13-17,19,24-25,27H,5-10H2,1-4H3/t11-,13+,14+,15-,16+,17-,19-,21+,22+/m1/s1. The molecule has 0 amide bonds. The van der Waals surface area contributed by atoms with Crippen molar-refractivity contribution in [3.63, 3.8) is 0 Å². The minimum Gasteiger partial charge on any atom is -0.465 e. The van der Waals surface area contributed by atoms with Crippen LogP contribution in [0.15, 0.2) is 0 Å². The summed E-state index contributed by atoms with van der Waals surface area (Å²) < 4.78 is 5.52. The first-order valence-corrected chi connectivity index (χ1v) is 10.7. The van der Waals surface area contributed by atoms with Crippen molar-refractivity contribution in [2.75, 3.05) is 6.61 Å². The number of hydrogen-bond acceptors (Lipinski definition) is 6. The smallest absolute Gasteiger partial charge is 0.302 e. The number of aliphatic hydroxyl groups excluding tert-OH is 3. The lowest BCUT2D eigenvalue weighted by molar-refractivity contribution is -0.269. The Morgan fingerprint density at radius 2 is 1.79 bits per heavy atom. The van der Waals surface area contributed by atoms with Gasteiger partial charge in [0.25, 0.3) is 0 Å². The largest absolute Gasteiger partial charge is 0.465 e. The number of esters is 1. The quantitative estimate of drug-likeness (QED) is 0.616. The average Bonchev–Trinajstić information content (AvgIpc) is 2.73. The van der Waals surface area contributed by atoms with Crippen LogP contribution < -0.4 is 0 Å². The normalized spacial score (nSPS) is 52.0. The van der Waals surface area contributed by atoms with Gasteiger partial charge < -0.3 is 20.1 Å². The van der Waals surface area contributed by atoms with Crippen molar-refractivity contribution in [3.8, 4) is 0 Å². The molecule has 28 heavy (non-hydrogen) atoms. The molecule has 4 rings (SSSR count). The maximum Gasteiger partial charge on any atom is 0.302 e. The van der Waals surface area contributed by atoms with Gasteiger partial charge in [-0.2, -0.15) is 0 Å². The molecule has 3 N–H and O–H groups in total. The van der Waals surface area contributed by atoms with E-state index < -0.39 is 41.0 Å². The number of aliphatic hydroxyl groups is 3. The third-order valence-electron chi connectivity index (χ3n) is 9.20. The highest BCUT2D eigenvalue weighted by atomic mass is 16.5. The second-order valence-electron chi connectivity index (χ2n) is 10.6. The molecule has 0 heterocycles. The van der Waals surface area contributed by atoms with Crippen molar-refractivity contribution in [2.45, 2.75) is 78.1 Å². The predicted molar refractivity (Wildman–Crippen MR) is 101 cm³/mol. The van der Waals surface area contributed by atoms with E-state index in [4.69, 9.17) is 4.74 Å². The Morgan fingerprint density at radius 1 is 1.11 bits per heavy atom. The Hall–Kier alpha value is -0.980. The third-order valence-corrected chi connectivity index (χ3v) is 9.20. The summed E-state index contributed by atoms with van der Waals surface area (Å²) in [6.45, 7) is 7.52. The molecule has 4 aliphatic rings. The van der Waals surface area contributed by atoms with E-state index in [1.807, 2.05) is 6.92 Å². The Kier molecular flexibility index (Phi) is 4.54. The topological polar surface area (TPSA) is 104 Å². The molecular formula is C22H34O6. The number of hydrogen-bond donors (Lipinski definition) is 3. The number of ether oxygens (including phenoxy) is 1. The van der Waals surface area contributed by atoms with Crippen LogP contribution in [0.3, 0.4) is 0 Å². The zero-order valence-electron chi connectivity index (χ0n) is 17.4. The molecule has 0 aliphatic heterocycles. The molecule has 0 aromatic carbocycles. The number of fused-ring (bicyclic) bond motifs is 3.